The summed E-state index contributed by atoms with van der Waals surface area (Å²) in [5.41, 5.74) is 1.40. The molecule has 4 rings (SSSR count). The molecule has 0 amide bonds. The van der Waals surface area contributed by atoms with Gasteiger partial charge in [-0.1, -0.05) is 35.9 Å². The molecule has 0 saturated heterocycles. The molecule has 0 spiro atoms. The molecule has 3 aromatic carbocycles. The topological polar surface area (TPSA) is 44.1 Å². The van der Waals surface area contributed by atoms with Crippen molar-refractivity contribution in [1.82, 2.24) is 9.55 Å². The van der Waals surface area contributed by atoms with Gasteiger partial charge in [0.05, 0.1) is 21.9 Å². The Morgan fingerprint density at radius 2 is 1.68 bits per heavy atom. The van der Waals surface area contributed by atoms with Gasteiger partial charge in [0.25, 0.3) is 5.56 Å². The van der Waals surface area contributed by atoms with Crippen LogP contribution in [0.15, 0.2) is 82.1 Å². The molecule has 0 aliphatic heterocycles. The predicted octanol–water partition coefficient (Wildman–Crippen LogP) is 5.56. The largest absolute Gasteiger partial charge is 0.491 e. The van der Waals surface area contributed by atoms with Crippen molar-refractivity contribution in [2.45, 2.75) is 6.54 Å². The van der Waals surface area contributed by atoms with Gasteiger partial charge in [-0.15, -0.1) is 0 Å². The third-order valence-electron chi connectivity index (χ3n) is 4.37. The molecule has 0 fully saturated rings. The summed E-state index contributed by atoms with van der Waals surface area (Å²) in [4.78, 5) is 17.9. The molecule has 0 atom stereocenters. The fourth-order valence-electron chi connectivity index (χ4n) is 3.00. The molecule has 28 heavy (non-hydrogen) atoms. The number of aromatic nitrogens is 2. The molecule has 0 unspecified atom stereocenters. The van der Waals surface area contributed by atoms with Crippen molar-refractivity contribution in [2.24, 2.45) is 0 Å². The summed E-state index contributed by atoms with van der Waals surface area (Å²) in [6, 6.07) is 22.3. The maximum atomic E-state index is 13.1. The van der Waals surface area contributed by atoms with Crippen LogP contribution in [0.5, 0.6) is 5.75 Å². The first-order valence-electron chi connectivity index (χ1n) is 8.76. The average molecular weight is 456 g/mol. The van der Waals surface area contributed by atoms with Crippen LogP contribution in [0.2, 0.25) is 5.02 Å². The van der Waals surface area contributed by atoms with Crippen molar-refractivity contribution in [1.29, 1.82) is 0 Å². The van der Waals surface area contributed by atoms with Crippen molar-refractivity contribution in [3.05, 3.63) is 92.6 Å². The lowest BCUT2D eigenvalue weighted by molar-refractivity contribution is 0.295. The molecule has 140 valence electrons. The van der Waals surface area contributed by atoms with Crippen LogP contribution in [-0.4, -0.2) is 16.2 Å². The number of fused-ring (bicyclic) bond motifs is 1. The van der Waals surface area contributed by atoms with E-state index in [1.54, 1.807) is 22.8 Å². The van der Waals surface area contributed by atoms with Crippen molar-refractivity contribution < 1.29 is 4.74 Å². The molecule has 1 aromatic heterocycles. The molecular formula is C22H16BrClN2O2. The minimum absolute atomic E-state index is 0.0914. The van der Waals surface area contributed by atoms with E-state index >= 15 is 0 Å². The zero-order valence-electron chi connectivity index (χ0n) is 14.8. The van der Waals surface area contributed by atoms with Gasteiger partial charge in [-0.05, 0) is 64.5 Å². The van der Waals surface area contributed by atoms with Gasteiger partial charge in [-0.25, -0.2) is 4.98 Å². The van der Waals surface area contributed by atoms with Gasteiger partial charge in [0, 0.05) is 10.6 Å². The molecule has 0 bridgehead atoms. The van der Waals surface area contributed by atoms with Crippen LogP contribution < -0.4 is 10.3 Å². The van der Waals surface area contributed by atoms with Crippen LogP contribution in [0.4, 0.5) is 0 Å². The molecule has 6 heteroatoms. The Labute approximate surface area is 175 Å². The fraction of sp³-hybridized carbons (Fsp3) is 0.0909. The first-order chi connectivity index (χ1) is 13.6. The number of para-hydroxylation sites is 2. The summed E-state index contributed by atoms with van der Waals surface area (Å²) >= 11 is 9.49. The predicted molar refractivity (Wildman–Crippen MR) is 116 cm³/mol. The normalized spacial score (nSPS) is 10.9. The van der Waals surface area contributed by atoms with Crippen LogP contribution in [0.1, 0.15) is 0 Å². The summed E-state index contributed by atoms with van der Waals surface area (Å²) in [6.45, 7) is 0.707. The zero-order chi connectivity index (χ0) is 19.5. The van der Waals surface area contributed by atoms with E-state index in [4.69, 9.17) is 21.3 Å². The second-order valence-electron chi connectivity index (χ2n) is 6.20. The van der Waals surface area contributed by atoms with Gasteiger partial charge >= 0.3 is 0 Å². The van der Waals surface area contributed by atoms with E-state index in [-0.39, 0.29) is 5.56 Å². The molecule has 0 aliphatic rings. The lowest BCUT2D eigenvalue weighted by Crippen LogP contribution is -2.26. The molecule has 4 aromatic rings. The van der Waals surface area contributed by atoms with E-state index in [0.717, 1.165) is 15.8 Å². The Morgan fingerprint density at radius 1 is 0.964 bits per heavy atom. The highest BCUT2D eigenvalue weighted by Crippen LogP contribution is 2.24. The lowest BCUT2D eigenvalue weighted by Gasteiger charge is -2.15. The third-order valence-corrected chi connectivity index (χ3v) is 5.28. The summed E-state index contributed by atoms with van der Waals surface area (Å²) in [7, 11) is 0. The van der Waals surface area contributed by atoms with Gasteiger partial charge in [0.2, 0.25) is 0 Å². The number of nitrogens with zero attached hydrogens (tertiary/aromatic N) is 2. The van der Waals surface area contributed by atoms with Crippen LogP contribution in [-0.2, 0) is 6.54 Å². The Morgan fingerprint density at radius 3 is 2.46 bits per heavy atom. The Kier molecular flexibility index (Phi) is 5.46. The molecular weight excluding hydrogens is 440 g/mol. The maximum absolute atomic E-state index is 13.1. The minimum atomic E-state index is -0.0914. The number of hydrogen-bond donors (Lipinski definition) is 0. The summed E-state index contributed by atoms with van der Waals surface area (Å²) in [5, 5.41) is 1.22. The first-order valence-corrected chi connectivity index (χ1v) is 9.93. The lowest BCUT2D eigenvalue weighted by atomic mass is 10.2. The van der Waals surface area contributed by atoms with Gasteiger partial charge in [-0.2, -0.15) is 0 Å². The third kappa shape index (κ3) is 3.81. The standard InChI is InChI=1S/C22H16BrClN2O2/c23-18-6-2-4-8-20(18)28-14-13-26-21(15-9-11-16(24)12-10-15)25-19-7-3-1-5-17(19)22(26)27/h1-12H,13-14H2. The molecule has 0 N–H and O–H groups in total. The van der Waals surface area contributed by atoms with Crippen molar-refractivity contribution in [3.63, 3.8) is 0 Å². The number of ether oxygens (including phenoxy) is 1. The Balaban J connectivity index is 1.73. The molecule has 0 radical (unpaired) electrons. The van der Waals surface area contributed by atoms with Gasteiger partial charge < -0.3 is 4.74 Å². The summed E-state index contributed by atoms with van der Waals surface area (Å²) in [6.07, 6.45) is 0. The second-order valence-corrected chi connectivity index (χ2v) is 7.49. The highest BCUT2D eigenvalue weighted by Gasteiger charge is 2.13. The van der Waals surface area contributed by atoms with E-state index in [9.17, 15) is 4.79 Å². The quantitative estimate of drug-likeness (QED) is 0.396. The maximum Gasteiger partial charge on any atom is 0.261 e. The van der Waals surface area contributed by atoms with E-state index in [2.05, 4.69) is 15.9 Å². The van der Waals surface area contributed by atoms with Crippen LogP contribution in [0, 0.1) is 0 Å². The van der Waals surface area contributed by atoms with Crippen molar-refractivity contribution in [2.75, 3.05) is 6.61 Å². The van der Waals surface area contributed by atoms with E-state index in [0.29, 0.717) is 34.9 Å². The summed E-state index contributed by atoms with van der Waals surface area (Å²) in [5.74, 6) is 1.33. The van der Waals surface area contributed by atoms with Crippen molar-refractivity contribution >= 4 is 38.4 Å². The smallest absolute Gasteiger partial charge is 0.261 e. The molecule has 0 saturated carbocycles. The first kappa shape index (κ1) is 18.7. The highest BCUT2D eigenvalue weighted by molar-refractivity contribution is 9.10. The van der Waals surface area contributed by atoms with E-state index in [1.807, 2.05) is 54.6 Å². The van der Waals surface area contributed by atoms with Gasteiger partial charge in [0.1, 0.15) is 18.2 Å². The van der Waals surface area contributed by atoms with Gasteiger partial charge in [0.15, 0.2) is 0 Å². The van der Waals surface area contributed by atoms with Crippen LogP contribution >= 0.6 is 27.5 Å². The number of halogens is 2. The van der Waals surface area contributed by atoms with Crippen LogP contribution in [0.3, 0.4) is 0 Å². The van der Waals surface area contributed by atoms with Crippen molar-refractivity contribution in [3.8, 4) is 17.1 Å². The SMILES string of the molecule is O=c1c2ccccc2nc(-c2ccc(Cl)cc2)n1CCOc1ccccc1Br. The average Bonchev–Trinajstić information content (AvgIpc) is 2.71. The van der Waals surface area contributed by atoms with Gasteiger partial charge in [-0.3, -0.25) is 9.36 Å². The summed E-state index contributed by atoms with van der Waals surface area (Å²) < 4.78 is 8.39. The number of hydrogen-bond acceptors (Lipinski definition) is 3. The number of benzene rings is 3. The fourth-order valence-corrected chi connectivity index (χ4v) is 3.53. The molecule has 0 aliphatic carbocycles. The molecule has 4 nitrogen and oxygen atoms in total. The second kappa shape index (κ2) is 8.17. The van der Waals surface area contributed by atoms with E-state index in [1.165, 1.54) is 0 Å². The highest BCUT2D eigenvalue weighted by atomic mass is 79.9. The van der Waals surface area contributed by atoms with Crippen LogP contribution in [0.25, 0.3) is 22.3 Å². The minimum Gasteiger partial charge on any atom is -0.491 e. The molecule has 1 heterocycles. The Hall–Kier alpha value is -2.63. The monoisotopic (exact) mass is 454 g/mol. The zero-order valence-corrected chi connectivity index (χ0v) is 17.2. The van der Waals surface area contributed by atoms with E-state index < -0.39 is 0 Å². The Bertz CT molecular complexity index is 1190. The number of rotatable bonds is 5.